The molecule has 68 valence electrons. The van der Waals surface area contributed by atoms with Crippen LogP contribution >= 0.6 is 24.0 Å². The maximum atomic E-state index is 5.07. The Morgan fingerprint density at radius 3 is 2.45 bits per heavy atom. The Bertz CT molecular complexity index is 101. The molecular formula is C6H17IN4. The second kappa shape index (κ2) is 9.80. The third-order valence-electron chi connectivity index (χ3n) is 1.10. The van der Waals surface area contributed by atoms with E-state index in [2.05, 4.69) is 17.5 Å². The molecule has 0 aliphatic heterocycles. The molecule has 0 atom stereocenters. The summed E-state index contributed by atoms with van der Waals surface area (Å²) in [6, 6.07) is 0. The maximum absolute atomic E-state index is 5.07. The molecule has 0 aliphatic rings. The van der Waals surface area contributed by atoms with Gasteiger partial charge in [-0.25, -0.2) is 0 Å². The third kappa shape index (κ3) is 12.9. The van der Waals surface area contributed by atoms with Crippen molar-refractivity contribution in [3.05, 3.63) is 0 Å². The van der Waals surface area contributed by atoms with Crippen molar-refractivity contribution in [2.45, 2.75) is 26.2 Å². The standard InChI is InChI=1S/C6H16N4.HI/c1-2-3-4-5-9-10-6(7)8;/h9H,2-5H2,1H3,(H4,7,8,10);1H. The molecule has 0 bridgehead atoms. The van der Waals surface area contributed by atoms with Gasteiger partial charge in [0.25, 0.3) is 0 Å². The zero-order valence-electron chi connectivity index (χ0n) is 6.84. The van der Waals surface area contributed by atoms with Crippen LogP contribution in [0.3, 0.4) is 0 Å². The van der Waals surface area contributed by atoms with Gasteiger partial charge in [0.1, 0.15) is 0 Å². The molecule has 4 nitrogen and oxygen atoms in total. The summed E-state index contributed by atoms with van der Waals surface area (Å²) in [6.45, 7) is 3.01. The maximum Gasteiger partial charge on any atom is 0.208 e. The van der Waals surface area contributed by atoms with E-state index >= 15 is 0 Å². The largest absolute Gasteiger partial charge is 0.369 e. The van der Waals surface area contributed by atoms with Gasteiger partial charge in [-0.1, -0.05) is 19.8 Å². The van der Waals surface area contributed by atoms with Crippen LogP contribution in [0.1, 0.15) is 26.2 Å². The Labute approximate surface area is 84.8 Å². The van der Waals surface area contributed by atoms with Gasteiger partial charge >= 0.3 is 0 Å². The van der Waals surface area contributed by atoms with Gasteiger partial charge in [0.15, 0.2) is 0 Å². The molecule has 0 amide bonds. The number of guanidine groups is 1. The highest BCUT2D eigenvalue weighted by Crippen LogP contribution is 1.90. The molecule has 0 aliphatic carbocycles. The van der Waals surface area contributed by atoms with Gasteiger partial charge < -0.3 is 16.9 Å². The smallest absolute Gasteiger partial charge is 0.208 e. The first-order valence-corrected chi connectivity index (χ1v) is 3.59. The fourth-order valence-corrected chi connectivity index (χ4v) is 0.601. The number of halogens is 1. The van der Waals surface area contributed by atoms with E-state index in [4.69, 9.17) is 11.5 Å². The Balaban J connectivity index is 0. The summed E-state index contributed by atoms with van der Waals surface area (Å²) < 4.78 is 0. The van der Waals surface area contributed by atoms with Crippen molar-refractivity contribution in [2.24, 2.45) is 16.6 Å². The molecule has 11 heavy (non-hydrogen) atoms. The van der Waals surface area contributed by atoms with Crippen molar-refractivity contribution in [1.29, 1.82) is 0 Å². The average Bonchev–Trinajstić information content (AvgIpc) is 1.87. The fourth-order valence-electron chi connectivity index (χ4n) is 0.601. The molecule has 5 N–H and O–H groups in total. The summed E-state index contributed by atoms with van der Waals surface area (Å²) in [6.07, 6.45) is 3.55. The molecule has 0 radical (unpaired) electrons. The van der Waals surface area contributed by atoms with Crippen molar-refractivity contribution in [1.82, 2.24) is 5.43 Å². The minimum Gasteiger partial charge on any atom is -0.369 e. The Kier molecular flexibility index (Phi) is 11.9. The van der Waals surface area contributed by atoms with E-state index in [1.165, 1.54) is 12.8 Å². The quantitative estimate of drug-likeness (QED) is 0.225. The number of unbranched alkanes of at least 4 members (excludes halogenated alkanes) is 2. The van der Waals surface area contributed by atoms with Gasteiger partial charge in [0.2, 0.25) is 5.96 Å². The number of nitrogens with zero attached hydrogens (tertiary/aromatic N) is 1. The van der Waals surface area contributed by atoms with Gasteiger partial charge in [-0.05, 0) is 6.42 Å². The van der Waals surface area contributed by atoms with Crippen LogP contribution in [0.5, 0.6) is 0 Å². The number of hydrazone groups is 1. The lowest BCUT2D eigenvalue weighted by Gasteiger charge is -1.97. The molecular weight excluding hydrogens is 255 g/mol. The molecule has 0 saturated carbocycles. The number of rotatable bonds is 5. The van der Waals surface area contributed by atoms with Crippen LogP contribution in [0, 0.1) is 0 Å². The van der Waals surface area contributed by atoms with Gasteiger partial charge in [0, 0.05) is 6.54 Å². The van der Waals surface area contributed by atoms with Crippen LogP contribution in [0.4, 0.5) is 0 Å². The summed E-state index contributed by atoms with van der Waals surface area (Å²) in [7, 11) is 0. The lowest BCUT2D eigenvalue weighted by atomic mass is 10.3. The minimum atomic E-state index is 0. The molecule has 5 heteroatoms. The van der Waals surface area contributed by atoms with Gasteiger partial charge in [-0.3, -0.25) is 0 Å². The Hall–Kier alpha value is -0.200. The SMILES string of the molecule is CCCCCNN=C(N)N.I. The molecule has 0 unspecified atom stereocenters. The van der Waals surface area contributed by atoms with Crippen molar-refractivity contribution >= 4 is 29.9 Å². The molecule has 0 heterocycles. The second-order valence-corrected chi connectivity index (χ2v) is 2.15. The van der Waals surface area contributed by atoms with Crippen LogP contribution in [0.25, 0.3) is 0 Å². The first-order chi connectivity index (χ1) is 4.77. The number of nitrogens with one attached hydrogen (secondary N) is 1. The molecule has 0 rings (SSSR count). The molecule has 0 saturated heterocycles. The first kappa shape index (κ1) is 13.4. The van der Waals surface area contributed by atoms with E-state index in [-0.39, 0.29) is 29.9 Å². The topological polar surface area (TPSA) is 76.4 Å². The van der Waals surface area contributed by atoms with Crippen molar-refractivity contribution in [2.75, 3.05) is 6.54 Å². The highest BCUT2D eigenvalue weighted by molar-refractivity contribution is 14.0. The van der Waals surface area contributed by atoms with E-state index in [0.29, 0.717) is 0 Å². The van der Waals surface area contributed by atoms with Gasteiger partial charge in [-0.2, -0.15) is 0 Å². The summed E-state index contributed by atoms with van der Waals surface area (Å²) in [5.74, 6) is 0.0940. The van der Waals surface area contributed by atoms with E-state index in [9.17, 15) is 0 Å². The zero-order chi connectivity index (χ0) is 7.82. The molecule has 0 aromatic rings. The predicted molar refractivity (Wildman–Crippen MR) is 58.8 cm³/mol. The monoisotopic (exact) mass is 272 g/mol. The molecule has 0 spiro atoms. The highest BCUT2D eigenvalue weighted by Gasteiger charge is 1.83. The van der Waals surface area contributed by atoms with E-state index in [1.807, 2.05) is 0 Å². The number of nitrogens with two attached hydrogens (primary N) is 2. The lowest BCUT2D eigenvalue weighted by molar-refractivity contribution is 0.638. The summed E-state index contributed by atoms with van der Waals surface area (Å²) in [4.78, 5) is 0. The zero-order valence-corrected chi connectivity index (χ0v) is 9.17. The highest BCUT2D eigenvalue weighted by atomic mass is 127. The molecule has 0 fully saturated rings. The number of hydrogen-bond acceptors (Lipinski definition) is 2. The normalized spacial score (nSPS) is 8.09. The minimum absolute atomic E-state index is 0. The van der Waals surface area contributed by atoms with Crippen LogP contribution in [-0.2, 0) is 0 Å². The van der Waals surface area contributed by atoms with Crippen LogP contribution in [0.2, 0.25) is 0 Å². The summed E-state index contributed by atoms with van der Waals surface area (Å²) >= 11 is 0. The third-order valence-corrected chi connectivity index (χ3v) is 1.10. The molecule has 0 aromatic carbocycles. The van der Waals surface area contributed by atoms with Crippen molar-refractivity contribution < 1.29 is 0 Å². The summed E-state index contributed by atoms with van der Waals surface area (Å²) in [5.41, 5.74) is 12.9. The summed E-state index contributed by atoms with van der Waals surface area (Å²) in [5, 5.41) is 3.62. The Morgan fingerprint density at radius 1 is 1.36 bits per heavy atom. The fraction of sp³-hybridized carbons (Fsp3) is 0.833. The van der Waals surface area contributed by atoms with E-state index in [1.54, 1.807) is 0 Å². The first-order valence-electron chi connectivity index (χ1n) is 3.59. The Morgan fingerprint density at radius 2 is 2.00 bits per heavy atom. The predicted octanol–water partition coefficient (Wildman–Crippen LogP) is 0.573. The molecule has 0 aromatic heterocycles. The second-order valence-electron chi connectivity index (χ2n) is 2.15. The van der Waals surface area contributed by atoms with Crippen LogP contribution in [0.15, 0.2) is 5.10 Å². The lowest BCUT2D eigenvalue weighted by Crippen LogP contribution is -2.26. The van der Waals surface area contributed by atoms with Crippen molar-refractivity contribution in [3.63, 3.8) is 0 Å². The van der Waals surface area contributed by atoms with Crippen LogP contribution < -0.4 is 16.9 Å². The van der Waals surface area contributed by atoms with Gasteiger partial charge in [0.05, 0.1) is 0 Å². The van der Waals surface area contributed by atoms with E-state index in [0.717, 1.165) is 13.0 Å². The van der Waals surface area contributed by atoms with E-state index < -0.39 is 0 Å². The van der Waals surface area contributed by atoms with Crippen LogP contribution in [-0.4, -0.2) is 12.5 Å². The van der Waals surface area contributed by atoms with Crippen molar-refractivity contribution in [3.8, 4) is 0 Å². The van der Waals surface area contributed by atoms with Gasteiger partial charge in [-0.15, -0.1) is 29.1 Å². The number of hydrogen-bond donors (Lipinski definition) is 3. The average molecular weight is 272 g/mol.